The minimum absolute atomic E-state index is 0. The Hall–Kier alpha value is -2.28. The molecule has 0 saturated heterocycles. The van der Waals surface area contributed by atoms with Crippen molar-refractivity contribution in [3.63, 3.8) is 0 Å². The number of amides is 1. The average Bonchev–Trinajstić information content (AvgIpc) is 2.28. The van der Waals surface area contributed by atoms with Crippen molar-refractivity contribution in [3.8, 4) is 12.5 Å². The van der Waals surface area contributed by atoms with E-state index in [1.165, 1.54) is 13.8 Å². The molecule has 0 unspecified atom stereocenters. The van der Waals surface area contributed by atoms with Crippen LogP contribution >= 0.6 is 0 Å². The first-order chi connectivity index (χ1) is 8.36. The number of carbonyl (C=O) groups is 2. The van der Waals surface area contributed by atoms with Gasteiger partial charge in [0, 0.05) is 6.99 Å². The normalized spacial score (nSPS) is 10.3. The van der Waals surface area contributed by atoms with Crippen LogP contribution in [0.4, 0.5) is 0 Å². The van der Waals surface area contributed by atoms with E-state index in [4.69, 9.17) is 6.42 Å². The molecule has 0 spiro atoms. The zero-order chi connectivity index (χ0) is 13.8. The Morgan fingerprint density at radius 2 is 2.11 bits per heavy atom. The van der Waals surface area contributed by atoms with Crippen molar-refractivity contribution >= 4 is 11.9 Å². The molecule has 0 aliphatic heterocycles. The number of esters is 1. The Labute approximate surface area is 108 Å². The Morgan fingerprint density at radius 1 is 1.44 bits per heavy atom. The third-order valence-electron chi connectivity index (χ3n) is 2.37. The van der Waals surface area contributed by atoms with Gasteiger partial charge in [-0.1, -0.05) is 24.1 Å². The molecular weight excluding hydrogens is 230 g/mol. The van der Waals surface area contributed by atoms with Gasteiger partial charge < -0.3 is 10.1 Å². The van der Waals surface area contributed by atoms with Crippen molar-refractivity contribution in [2.45, 2.75) is 26.3 Å². The van der Waals surface area contributed by atoms with E-state index in [0.717, 1.165) is 5.56 Å². The smallest absolute Gasteiger partial charge is 0.345 e. The number of aryl methyl sites for hydroxylation is 1. The summed E-state index contributed by atoms with van der Waals surface area (Å²) in [4.78, 5) is 23.5. The first-order valence-electron chi connectivity index (χ1n) is 5.43. The van der Waals surface area contributed by atoms with Gasteiger partial charge in [0.05, 0.1) is 0 Å². The third-order valence-corrected chi connectivity index (χ3v) is 2.37. The second-order valence-corrected chi connectivity index (χ2v) is 4.46. The molecule has 1 aromatic rings. The number of carbonyl (C=O) groups excluding carboxylic acids is 2. The molecule has 0 heterocycles. The molecule has 0 bridgehead atoms. The minimum Gasteiger partial charge on any atom is -0.371 e. The topological polar surface area (TPSA) is 55.4 Å². The predicted molar refractivity (Wildman–Crippen MR) is 69.8 cm³/mol. The molecule has 4 heteroatoms. The maximum absolute atomic E-state index is 12.0. The predicted octanol–water partition coefficient (Wildman–Crippen LogP) is 1.88. The number of nitrogens with one attached hydrogen (secondary N) is 1. The van der Waals surface area contributed by atoms with Crippen molar-refractivity contribution < 1.29 is 15.8 Å². The van der Waals surface area contributed by atoms with Crippen LogP contribution in [0.2, 0.25) is 0 Å². The van der Waals surface area contributed by atoms with E-state index in [0.29, 0.717) is 5.56 Å². The molecule has 1 amide bonds. The molecule has 96 valence electrons. The number of hydrogen-bond acceptors (Lipinski definition) is 3. The maximum Gasteiger partial charge on any atom is 0.345 e. The Bertz CT molecular complexity index is 518. The molecule has 0 fully saturated rings. The molecule has 1 aromatic carbocycles. The summed E-state index contributed by atoms with van der Waals surface area (Å²) in [5.74, 6) is -1.02. The fourth-order valence-electron chi connectivity index (χ4n) is 1.37. The van der Waals surface area contributed by atoms with E-state index in [-0.39, 0.29) is 7.33 Å². The number of hydrogen-bond donors (Lipinski definition) is 1. The van der Waals surface area contributed by atoms with Gasteiger partial charge in [0.25, 0.3) is 5.91 Å². The lowest BCUT2D eigenvalue weighted by atomic mass is 10.0. The van der Waals surface area contributed by atoms with Gasteiger partial charge in [0.15, 0.2) is 0 Å². The fraction of sp³-hybridized carbons (Fsp3) is 0.286. The molecule has 0 aromatic heterocycles. The van der Waals surface area contributed by atoms with Crippen LogP contribution in [-0.4, -0.2) is 17.4 Å². The van der Waals surface area contributed by atoms with Gasteiger partial charge >= 0.3 is 5.97 Å². The first-order valence-corrected chi connectivity index (χ1v) is 5.43. The zero-order valence-electron chi connectivity index (χ0n) is 10.6. The SMILES string of the molecule is C#COC(=O)C(C)(C)NC(=O)c1cccc(C)c1.[HH]. The molecule has 0 atom stereocenters. The van der Waals surface area contributed by atoms with E-state index in [1.807, 2.05) is 13.0 Å². The van der Waals surface area contributed by atoms with Crippen LogP contribution in [0.1, 0.15) is 31.2 Å². The van der Waals surface area contributed by atoms with Crippen molar-refractivity contribution in [2.24, 2.45) is 0 Å². The average molecular weight is 247 g/mol. The first kappa shape index (κ1) is 13.8. The standard InChI is InChI=1S/C14H15NO3.H2/c1-5-18-13(17)14(3,4)15-12(16)11-8-6-7-10(2)9-11;/h1,6-9H,2-4H3,(H,15,16);1H. The molecule has 0 saturated carbocycles. The highest BCUT2D eigenvalue weighted by molar-refractivity contribution is 5.98. The van der Waals surface area contributed by atoms with Gasteiger partial charge in [-0.05, 0) is 32.9 Å². The Kier molecular flexibility index (Phi) is 4.11. The van der Waals surface area contributed by atoms with E-state index in [1.54, 1.807) is 24.3 Å². The van der Waals surface area contributed by atoms with E-state index in [9.17, 15) is 9.59 Å². The van der Waals surface area contributed by atoms with Crippen molar-refractivity contribution in [1.82, 2.24) is 5.32 Å². The largest absolute Gasteiger partial charge is 0.371 e. The second kappa shape index (κ2) is 5.37. The van der Waals surface area contributed by atoms with Crippen LogP contribution in [0.3, 0.4) is 0 Å². The van der Waals surface area contributed by atoms with Crippen molar-refractivity contribution in [3.05, 3.63) is 35.4 Å². The van der Waals surface area contributed by atoms with Crippen LogP contribution in [0.15, 0.2) is 24.3 Å². The summed E-state index contributed by atoms with van der Waals surface area (Å²) in [5, 5.41) is 2.58. The Balaban J connectivity index is 0.00000324. The zero-order valence-corrected chi connectivity index (χ0v) is 10.6. The third kappa shape index (κ3) is 3.36. The van der Waals surface area contributed by atoms with E-state index in [2.05, 4.69) is 10.1 Å². The van der Waals surface area contributed by atoms with Gasteiger partial charge in [-0.25, -0.2) is 4.79 Å². The molecule has 1 rings (SSSR count). The van der Waals surface area contributed by atoms with Crippen LogP contribution < -0.4 is 5.32 Å². The van der Waals surface area contributed by atoms with E-state index < -0.39 is 11.5 Å². The fourth-order valence-corrected chi connectivity index (χ4v) is 1.37. The summed E-state index contributed by atoms with van der Waals surface area (Å²) in [6.45, 7) is 4.94. The highest BCUT2D eigenvalue weighted by Crippen LogP contribution is 2.09. The van der Waals surface area contributed by atoms with Crippen molar-refractivity contribution in [1.29, 1.82) is 0 Å². The number of rotatable bonds is 3. The summed E-state index contributed by atoms with van der Waals surface area (Å²) >= 11 is 0. The molecule has 0 aliphatic carbocycles. The number of terminal acetylenes is 1. The van der Waals surface area contributed by atoms with Gasteiger partial charge in [0.1, 0.15) is 11.6 Å². The van der Waals surface area contributed by atoms with Gasteiger partial charge in [-0.2, -0.15) is 0 Å². The minimum atomic E-state index is -1.17. The lowest BCUT2D eigenvalue weighted by Gasteiger charge is -2.22. The summed E-state index contributed by atoms with van der Waals surface area (Å²) in [6, 6.07) is 7.06. The van der Waals surface area contributed by atoms with Crippen molar-refractivity contribution in [2.75, 3.05) is 0 Å². The lowest BCUT2D eigenvalue weighted by molar-refractivity contribution is -0.142. The number of benzene rings is 1. The lowest BCUT2D eigenvalue weighted by Crippen LogP contribution is -2.50. The highest BCUT2D eigenvalue weighted by atomic mass is 16.5. The van der Waals surface area contributed by atoms with Crippen LogP contribution in [0.5, 0.6) is 0 Å². The molecule has 0 radical (unpaired) electrons. The summed E-state index contributed by atoms with van der Waals surface area (Å²) < 4.78 is 4.44. The molecule has 18 heavy (non-hydrogen) atoms. The number of ether oxygens (including phenoxy) is 1. The highest BCUT2D eigenvalue weighted by Gasteiger charge is 2.31. The second-order valence-electron chi connectivity index (χ2n) is 4.46. The molecule has 4 nitrogen and oxygen atoms in total. The quantitative estimate of drug-likeness (QED) is 0.655. The molecule has 0 aliphatic rings. The summed E-state index contributed by atoms with van der Waals surface area (Å²) in [5.41, 5.74) is 0.274. The van der Waals surface area contributed by atoms with Crippen LogP contribution in [0, 0.1) is 19.5 Å². The Morgan fingerprint density at radius 3 is 2.67 bits per heavy atom. The van der Waals surface area contributed by atoms with E-state index >= 15 is 0 Å². The van der Waals surface area contributed by atoms with Gasteiger partial charge in [0.2, 0.25) is 0 Å². The summed E-state index contributed by atoms with van der Waals surface area (Å²) in [7, 11) is 0. The monoisotopic (exact) mass is 247 g/mol. The molecule has 1 N–H and O–H groups in total. The summed E-state index contributed by atoms with van der Waals surface area (Å²) in [6.07, 6.45) is 6.68. The van der Waals surface area contributed by atoms with Crippen LogP contribution in [-0.2, 0) is 9.53 Å². The maximum atomic E-state index is 12.0. The molecular formula is C14H17NO3. The van der Waals surface area contributed by atoms with Crippen LogP contribution in [0.25, 0.3) is 0 Å². The van der Waals surface area contributed by atoms with Gasteiger partial charge in [-0.3, -0.25) is 4.79 Å². The van der Waals surface area contributed by atoms with Gasteiger partial charge in [-0.15, -0.1) is 0 Å².